The van der Waals surface area contributed by atoms with Gasteiger partial charge in [-0.15, -0.1) is 0 Å². The van der Waals surface area contributed by atoms with E-state index in [0.29, 0.717) is 5.69 Å². The van der Waals surface area contributed by atoms with Crippen molar-refractivity contribution in [2.45, 2.75) is 0 Å². The van der Waals surface area contributed by atoms with Crippen LogP contribution in [0.2, 0.25) is 0 Å². The Morgan fingerprint density at radius 1 is 1.40 bits per heavy atom. The third-order valence-corrected chi connectivity index (χ3v) is 2.50. The molecule has 2 rings (SSSR count). The quantitative estimate of drug-likeness (QED) is 0.872. The van der Waals surface area contributed by atoms with Gasteiger partial charge in [-0.25, -0.2) is 0 Å². The van der Waals surface area contributed by atoms with Crippen molar-refractivity contribution >= 4 is 33.0 Å². The summed E-state index contributed by atoms with van der Waals surface area (Å²) in [5.74, 6) is 0. The van der Waals surface area contributed by atoms with Gasteiger partial charge in [0.15, 0.2) is 0 Å². The Bertz CT molecular complexity index is 459. The first kappa shape index (κ1) is 9.97. The molecule has 15 heavy (non-hydrogen) atoms. The van der Waals surface area contributed by atoms with Crippen LogP contribution in [0.1, 0.15) is 0 Å². The van der Waals surface area contributed by atoms with Crippen LogP contribution in [0.3, 0.4) is 0 Å². The van der Waals surface area contributed by atoms with Gasteiger partial charge in [0.05, 0.1) is 33.9 Å². The molecule has 0 aliphatic rings. The normalized spacial score (nSPS) is 10.3. The number of hydrogen-bond acceptors (Lipinski definition) is 4. The molecule has 0 aromatic carbocycles. The molecule has 0 fully saturated rings. The van der Waals surface area contributed by atoms with Crippen molar-refractivity contribution in [2.24, 2.45) is 7.05 Å². The maximum atomic E-state index is 5.79. The molecule has 2 heterocycles. The molecule has 0 radical (unpaired) electrons. The summed E-state index contributed by atoms with van der Waals surface area (Å²) in [6.45, 7) is 0. The Morgan fingerprint density at radius 2 is 2.20 bits per heavy atom. The average molecular weight is 268 g/mol. The fraction of sp³-hybridized carbons (Fsp3) is 0.111. The fourth-order valence-corrected chi connectivity index (χ4v) is 1.66. The topological polar surface area (TPSA) is 68.8 Å². The number of halogens is 1. The van der Waals surface area contributed by atoms with Crippen LogP contribution >= 0.6 is 15.9 Å². The molecular weight excluding hydrogens is 258 g/mol. The molecule has 6 heteroatoms. The number of aryl methyl sites for hydroxylation is 1. The minimum Gasteiger partial charge on any atom is -0.396 e. The summed E-state index contributed by atoms with van der Waals surface area (Å²) in [5.41, 5.74) is 8.07. The second kappa shape index (κ2) is 3.90. The third kappa shape index (κ3) is 2.10. The highest BCUT2D eigenvalue weighted by atomic mass is 79.9. The molecule has 2 aromatic heterocycles. The highest BCUT2D eigenvalue weighted by Crippen LogP contribution is 2.29. The van der Waals surface area contributed by atoms with Crippen LogP contribution < -0.4 is 11.1 Å². The number of aromatic nitrogens is 3. The number of pyridine rings is 1. The molecule has 78 valence electrons. The van der Waals surface area contributed by atoms with E-state index in [1.165, 1.54) is 0 Å². The Balaban J connectivity index is 2.31. The lowest BCUT2D eigenvalue weighted by atomic mass is 10.3. The Hall–Kier alpha value is -1.56. The van der Waals surface area contributed by atoms with Gasteiger partial charge in [-0.05, 0) is 15.9 Å². The van der Waals surface area contributed by atoms with Crippen molar-refractivity contribution in [3.05, 3.63) is 29.3 Å². The summed E-state index contributed by atoms with van der Waals surface area (Å²) in [4.78, 5) is 3.96. The number of anilines is 3. The van der Waals surface area contributed by atoms with Gasteiger partial charge in [0.1, 0.15) is 0 Å². The number of hydrogen-bond donors (Lipinski definition) is 2. The van der Waals surface area contributed by atoms with Crippen molar-refractivity contribution in [3.8, 4) is 0 Å². The second-order valence-electron chi connectivity index (χ2n) is 3.11. The molecule has 0 bridgehead atoms. The highest BCUT2D eigenvalue weighted by molar-refractivity contribution is 9.10. The highest BCUT2D eigenvalue weighted by Gasteiger charge is 2.05. The van der Waals surface area contributed by atoms with Crippen molar-refractivity contribution in [3.63, 3.8) is 0 Å². The molecule has 3 N–H and O–H groups in total. The standard InChI is InChI=1S/C9H10BrN5/c1-15-5-6(2-13-15)14-9-7(10)3-12-4-8(9)11/h2-5H,11H2,1H3,(H,12,14). The van der Waals surface area contributed by atoms with E-state index in [1.807, 2.05) is 13.2 Å². The molecule has 0 amide bonds. The van der Waals surface area contributed by atoms with E-state index in [9.17, 15) is 0 Å². The van der Waals surface area contributed by atoms with Crippen LogP contribution in [0.5, 0.6) is 0 Å². The lowest BCUT2D eigenvalue weighted by Gasteiger charge is -2.08. The zero-order valence-electron chi connectivity index (χ0n) is 8.11. The van der Waals surface area contributed by atoms with Crippen LogP contribution in [-0.2, 0) is 7.05 Å². The van der Waals surface area contributed by atoms with Crippen LogP contribution in [0, 0.1) is 0 Å². The van der Waals surface area contributed by atoms with E-state index in [1.54, 1.807) is 23.3 Å². The van der Waals surface area contributed by atoms with E-state index < -0.39 is 0 Å². The van der Waals surface area contributed by atoms with E-state index in [-0.39, 0.29) is 0 Å². The molecule has 0 aliphatic heterocycles. The molecule has 0 unspecified atom stereocenters. The molecule has 0 aliphatic carbocycles. The Kier molecular flexibility index (Phi) is 2.59. The van der Waals surface area contributed by atoms with Gasteiger partial charge in [-0.1, -0.05) is 0 Å². The predicted molar refractivity (Wildman–Crippen MR) is 62.8 cm³/mol. The molecule has 0 saturated heterocycles. The Morgan fingerprint density at radius 3 is 2.80 bits per heavy atom. The lowest BCUT2D eigenvalue weighted by Crippen LogP contribution is -1.97. The van der Waals surface area contributed by atoms with Crippen molar-refractivity contribution in [2.75, 3.05) is 11.1 Å². The van der Waals surface area contributed by atoms with Crippen LogP contribution in [0.15, 0.2) is 29.3 Å². The van der Waals surface area contributed by atoms with Gasteiger partial charge >= 0.3 is 0 Å². The minimum absolute atomic E-state index is 0.591. The van der Waals surface area contributed by atoms with Gasteiger partial charge in [-0.3, -0.25) is 9.67 Å². The second-order valence-corrected chi connectivity index (χ2v) is 3.97. The van der Waals surface area contributed by atoms with Gasteiger partial charge < -0.3 is 11.1 Å². The molecule has 0 spiro atoms. The van der Waals surface area contributed by atoms with E-state index in [4.69, 9.17) is 5.73 Å². The summed E-state index contributed by atoms with van der Waals surface area (Å²) in [6, 6.07) is 0. The predicted octanol–water partition coefficient (Wildman–Crippen LogP) is 1.90. The summed E-state index contributed by atoms with van der Waals surface area (Å²) in [7, 11) is 1.86. The first-order chi connectivity index (χ1) is 7.16. The number of nitrogens with zero attached hydrogens (tertiary/aromatic N) is 3. The van der Waals surface area contributed by atoms with Gasteiger partial charge in [0, 0.05) is 19.4 Å². The molecule has 5 nitrogen and oxygen atoms in total. The zero-order valence-corrected chi connectivity index (χ0v) is 9.69. The molecular formula is C9H10BrN5. The summed E-state index contributed by atoms with van der Waals surface area (Å²) in [6.07, 6.45) is 6.89. The van der Waals surface area contributed by atoms with E-state index in [2.05, 4.69) is 31.3 Å². The maximum Gasteiger partial charge on any atom is 0.0794 e. The van der Waals surface area contributed by atoms with Crippen LogP contribution in [0.25, 0.3) is 0 Å². The van der Waals surface area contributed by atoms with E-state index >= 15 is 0 Å². The van der Waals surface area contributed by atoms with Crippen molar-refractivity contribution in [1.29, 1.82) is 0 Å². The summed E-state index contributed by atoms with van der Waals surface area (Å²) < 4.78 is 2.54. The summed E-state index contributed by atoms with van der Waals surface area (Å²) >= 11 is 3.38. The molecule has 0 atom stereocenters. The Labute approximate surface area is 95.4 Å². The third-order valence-electron chi connectivity index (χ3n) is 1.90. The number of nitrogens with two attached hydrogens (primary N) is 1. The van der Waals surface area contributed by atoms with Crippen molar-refractivity contribution in [1.82, 2.24) is 14.8 Å². The molecule has 0 saturated carbocycles. The maximum absolute atomic E-state index is 5.79. The monoisotopic (exact) mass is 267 g/mol. The van der Waals surface area contributed by atoms with Crippen LogP contribution in [-0.4, -0.2) is 14.8 Å². The SMILES string of the molecule is Cn1cc(Nc2c(N)cncc2Br)cn1. The number of rotatable bonds is 2. The first-order valence-electron chi connectivity index (χ1n) is 4.31. The first-order valence-corrected chi connectivity index (χ1v) is 5.11. The molecule has 2 aromatic rings. The summed E-state index contributed by atoms with van der Waals surface area (Å²) in [5, 5.41) is 7.22. The van der Waals surface area contributed by atoms with Gasteiger partial charge in [-0.2, -0.15) is 5.10 Å². The number of nitrogens with one attached hydrogen (secondary N) is 1. The zero-order chi connectivity index (χ0) is 10.8. The smallest absolute Gasteiger partial charge is 0.0794 e. The number of nitrogen functional groups attached to an aromatic ring is 1. The van der Waals surface area contributed by atoms with Crippen molar-refractivity contribution < 1.29 is 0 Å². The lowest BCUT2D eigenvalue weighted by molar-refractivity contribution is 0.768. The van der Waals surface area contributed by atoms with Gasteiger partial charge in [0.25, 0.3) is 0 Å². The average Bonchev–Trinajstić information content (AvgIpc) is 2.58. The van der Waals surface area contributed by atoms with Gasteiger partial charge in [0.2, 0.25) is 0 Å². The van der Waals surface area contributed by atoms with Crippen LogP contribution in [0.4, 0.5) is 17.1 Å². The van der Waals surface area contributed by atoms with E-state index in [0.717, 1.165) is 15.8 Å². The minimum atomic E-state index is 0.591. The largest absolute Gasteiger partial charge is 0.396 e. The fourth-order valence-electron chi connectivity index (χ4n) is 1.21.